The van der Waals surface area contributed by atoms with E-state index in [4.69, 9.17) is 0 Å². The van der Waals surface area contributed by atoms with E-state index in [0.29, 0.717) is 6.42 Å². The van der Waals surface area contributed by atoms with E-state index in [1.54, 1.807) is 0 Å². The van der Waals surface area contributed by atoms with Gasteiger partial charge in [0, 0.05) is 12.0 Å². The average Bonchev–Trinajstić information content (AvgIpc) is 2.60. The molecule has 1 N–H and O–H groups in total. The minimum atomic E-state index is -2.26. The molecule has 2 bridgehead atoms. The highest BCUT2D eigenvalue weighted by molar-refractivity contribution is 5.59. The number of carbonyl (C=O) groups excluding carboxylic acids is 1. The number of alkyl halides is 2. The zero-order valence-electron chi connectivity index (χ0n) is 6.54. The van der Waals surface area contributed by atoms with Crippen molar-refractivity contribution in [2.45, 2.75) is 31.4 Å². The molecule has 1 saturated heterocycles. The number of halogens is 2. The summed E-state index contributed by atoms with van der Waals surface area (Å²) in [5.74, 6) is -0.668. The van der Waals surface area contributed by atoms with Gasteiger partial charge in [-0.05, 0) is 18.8 Å². The van der Waals surface area contributed by atoms with Gasteiger partial charge in [0.25, 0.3) is 0 Å². The fourth-order valence-electron chi connectivity index (χ4n) is 2.48. The van der Waals surface area contributed by atoms with Crippen LogP contribution >= 0.6 is 0 Å². The van der Waals surface area contributed by atoms with Crippen molar-refractivity contribution >= 4 is 6.29 Å². The first-order chi connectivity index (χ1) is 5.72. The Labute approximate surface area is 69.3 Å². The molecule has 2 nitrogen and oxygen atoms in total. The van der Waals surface area contributed by atoms with E-state index < -0.39 is 12.3 Å². The van der Waals surface area contributed by atoms with Crippen molar-refractivity contribution < 1.29 is 13.6 Å². The second-order valence-corrected chi connectivity index (χ2v) is 3.66. The third-order valence-electron chi connectivity index (χ3n) is 3.02. The number of nitrogens with one attached hydrogen (secondary N) is 1. The Morgan fingerprint density at radius 3 is 2.67 bits per heavy atom. The Kier molecular flexibility index (Phi) is 1.87. The van der Waals surface area contributed by atoms with Crippen molar-refractivity contribution in [1.82, 2.24) is 5.32 Å². The smallest absolute Gasteiger partial charge is 0.241 e. The maximum atomic E-state index is 12.4. The van der Waals surface area contributed by atoms with E-state index >= 15 is 0 Å². The summed E-state index contributed by atoms with van der Waals surface area (Å²) in [5, 5.41) is 3.02. The fraction of sp³-hybridized carbons (Fsp3) is 0.875. The van der Waals surface area contributed by atoms with Crippen LogP contribution in [0.25, 0.3) is 0 Å². The highest BCUT2D eigenvalue weighted by Crippen LogP contribution is 2.42. The van der Waals surface area contributed by atoms with Crippen LogP contribution in [0.5, 0.6) is 0 Å². The Bertz CT molecular complexity index is 197. The summed E-state index contributed by atoms with van der Waals surface area (Å²) in [5.41, 5.74) is 0. The molecule has 4 atom stereocenters. The quantitative estimate of drug-likeness (QED) is 0.629. The van der Waals surface area contributed by atoms with Gasteiger partial charge in [-0.25, -0.2) is 8.78 Å². The summed E-state index contributed by atoms with van der Waals surface area (Å²) in [6.45, 7) is 0. The highest BCUT2D eigenvalue weighted by atomic mass is 19.3. The standard InChI is InChI=1S/C8H11F2NO/c9-8(10)6-2-4-1-5(6)7(3-12)11-4/h3-8,11H,1-2H2/t4-,5+,6+,7+/m1/s1. The Hall–Kier alpha value is -0.510. The van der Waals surface area contributed by atoms with Crippen molar-refractivity contribution in [2.24, 2.45) is 11.8 Å². The second-order valence-electron chi connectivity index (χ2n) is 3.66. The van der Waals surface area contributed by atoms with Gasteiger partial charge in [-0.1, -0.05) is 0 Å². The number of hydrogen-bond acceptors (Lipinski definition) is 2. The van der Waals surface area contributed by atoms with E-state index in [9.17, 15) is 13.6 Å². The summed E-state index contributed by atoms with van der Waals surface area (Å²) in [7, 11) is 0. The molecule has 0 unspecified atom stereocenters. The SMILES string of the molecule is O=C[C@@H]1N[C@@H]2C[C@H]1[C@@H](C(F)F)C2. The first-order valence-electron chi connectivity index (χ1n) is 4.22. The predicted molar refractivity (Wildman–Crippen MR) is 39.0 cm³/mol. The lowest BCUT2D eigenvalue weighted by molar-refractivity contribution is -0.111. The molecule has 1 saturated carbocycles. The molecule has 0 radical (unpaired) electrons. The van der Waals surface area contributed by atoms with E-state index in [1.807, 2.05) is 0 Å². The van der Waals surface area contributed by atoms with Crippen LogP contribution in [-0.4, -0.2) is 24.8 Å². The van der Waals surface area contributed by atoms with Gasteiger partial charge < -0.3 is 10.1 Å². The topological polar surface area (TPSA) is 29.1 Å². The molecular formula is C8H11F2NO. The molecule has 4 heteroatoms. The van der Waals surface area contributed by atoms with Crippen LogP contribution in [0.3, 0.4) is 0 Å². The minimum Gasteiger partial charge on any atom is -0.305 e. The monoisotopic (exact) mass is 175 g/mol. The van der Waals surface area contributed by atoms with Crippen LogP contribution in [0.2, 0.25) is 0 Å². The molecule has 0 aromatic rings. The maximum Gasteiger partial charge on any atom is 0.241 e. The van der Waals surface area contributed by atoms with Crippen molar-refractivity contribution in [3.05, 3.63) is 0 Å². The maximum absolute atomic E-state index is 12.4. The van der Waals surface area contributed by atoms with Crippen LogP contribution in [-0.2, 0) is 4.79 Å². The van der Waals surface area contributed by atoms with Crippen LogP contribution in [0, 0.1) is 11.8 Å². The fourth-order valence-corrected chi connectivity index (χ4v) is 2.48. The van der Waals surface area contributed by atoms with Gasteiger partial charge in [0.15, 0.2) is 0 Å². The molecule has 1 aliphatic heterocycles. The van der Waals surface area contributed by atoms with Crippen molar-refractivity contribution in [2.75, 3.05) is 0 Å². The van der Waals surface area contributed by atoms with Crippen LogP contribution in [0.1, 0.15) is 12.8 Å². The second kappa shape index (κ2) is 2.76. The lowest BCUT2D eigenvalue weighted by Crippen LogP contribution is -2.42. The zero-order chi connectivity index (χ0) is 8.72. The summed E-state index contributed by atoms with van der Waals surface area (Å²) in [4.78, 5) is 10.5. The predicted octanol–water partition coefficient (Wildman–Crippen LogP) is 0.817. The Balaban J connectivity index is 2.09. The van der Waals surface area contributed by atoms with Gasteiger partial charge in [0.05, 0.1) is 6.04 Å². The summed E-state index contributed by atoms with van der Waals surface area (Å²) in [6, 6.07) is -0.160. The Morgan fingerprint density at radius 1 is 1.42 bits per heavy atom. The van der Waals surface area contributed by atoms with Crippen LogP contribution < -0.4 is 5.32 Å². The zero-order valence-corrected chi connectivity index (χ0v) is 6.54. The van der Waals surface area contributed by atoms with E-state index in [1.165, 1.54) is 0 Å². The summed E-state index contributed by atoms with van der Waals surface area (Å²) >= 11 is 0. The van der Waals surface area contributed by atoms with E-state index in [2.05, 4.69) is 5.32 Å². The Morgan fingerprint density at radius 2 is 2.17 bits per heavy atom. The molecule has 1 aliphatic carbocycles. The van der Waals surface area contributed by atoms with Crippen LogP contribution in [0.15, 0.2) is 0 Å². The average molecular weight is 175 g/mol. The summed E-state index contributed by atoms with van der Waals surface area (Å²) < 4.78 is 24.7. The number of carbonyl (C=O) groups is 1. The molecule has 0 amide bonds. The lowest BCUT2D eigenvalue weighted by atomic mass is 9.90. The molecule has 2 aliphatic rings. The summed E-state index contributed by atoms with van der Waals surface area (Å²) in [6.07, 6.45) is -0.214. The van der Waals surface area contributed by atoms with Gasteiger partial charge in [0.2, 0.25) is 6.43 Å². The number of aldehydes is 1. The molecule has 68 valence electrons. The van der Waals surface area contributed by atoms with E-state index in [0.717, 1.165) is 12.7 Å². The first-order valence-corrected chi connectivity index (χ1v) is 4.22. The van der Waals surface area contributed by atoms with Gasteiger partial charge in [0.1, 0.15) is 6.29 Å². The molecule has 2 fully saturated rings. The molecule has 12 heavy (non-hydrogen) atoms. The molecule has 1 heterocycles. The number of hydrogen-bond donors (Lipinski definition) is 1. The number of rotatable bonds is 2. The molecule has 0 spiro atoms. The van der Waals surface area contributed by atoms with Gasteiger partial charge in [-0.3, -0.25) is 0 Å². The van der Waals surface area contributed by atoms with Gasteiger partial charge in [-0.2, -0.15) is 0 Å². The number of fused-ring (bicyclic) bond motifs is 2. The normalized spacial score (nSPS) is 45.6. The third-order valence-corrected chi connectivity index (χ3v) is 3.02. The van der Waals surface area contributed by atoms with Crippen molar-refractivity contribution in [3.8, 4) is 0 Å². The van der Waals surface area contributed by atoms with Crippen LogP contribution in [0.4, 0.5) is 8.78 Å². The van der Waals surface area contributed by atoms with Crippen molar-refractivity contribution in [1.29, 1.82) is 0 Å². The first kappa shape index (κ1) is 8.10. The van der Waals surface area contributed by atoms with Crippen molar-refractivity contribution in [3.63, 3.8) is 0 Å². The molecule has 2 rings (SSSR count). The molecular weight excluding hydrogens is 164 g/mol. The van der Waals surface area contributed by atoms with E-state index in [-0.39, 0.29) is 18.0 Å². The molecule has 0 aromatic carbocycles. The number of piperidine rings is 1. The molecule has 0 aromatic heterocycles. The largest absolute Gasteiger partial charge is 0.305 e. The third kappa shape index (κ3) is 1.05. The minimum absolute atomic E-state index is 0.118. The lowest BCUT2D eigenvalue weighted by Gasteiger charge is -2.26. The highest BCUT2D eigenvalue weighted by Gasteiger charge is 2.49. The van der Waals surface area contributed by atoms with Gasteiger partial charge >= 0.3 is 0 Å². The van der Waals surface area contributed by atoms with Gasteiger partial charge in [-0.15, -0.1) is 0 Å².